The van der Waals surface area contributed by atoms with Crippen molar-refractivity contribution >= 4 is 160 Å². The van der Waals surface area contributed by atoms with E-state index in [1.807, 2.05) is 102 Å². The molecule has 14 aromatic carbocycles. The van der Waals surface area contributed by atoms with Crippen LogP contribution in [0.15, 0.2) is 320 Å². The van der Waals surface area contributed by atoms with Crippen molar-refractivity contribution in [2.75, 3.05) is 0 Å². The van der Waals surface area contributed by atoms with Gasteiger partial charge >= 0.3 is 0 Å². The zero-order valence-electron chi connectivity index (χ0n) is 56.0. The molecule has 8 aromatic heterocycles. The van der Waals surface area contributed by atoms with Gasteiger partial charge in [0, 0.05) is 110 Å². The Hall–Kier alpha value is -12.7. The van der Waals surface area contributed by atoms with Gasteiger partial charge in [0.1, 0.15) is 21.2 Å². The quantitative estimate of drug-likeness (QED) is 0.132. The van der Waals surface area contributed by atoms with E-state index in [1.54, 1.807) is 45.3 Å². The third kappa shape index (κ3) is 10.7. The summed E-state index contributed by atoms with van der Waals surface area (Å²) in [6, 6.07) is 110. The van der Waals surface area contributed by atoms with Gasteiger partial charge in [-0.15, -0.1) is 56.7 Å². The molecule has 0 N–H and O–H groups in total. The molecule has 0 amide bonds. The second-order valence-corrected chi connectivity index (χ2v) is 31.2. The highest BCUT2D eigenvalue weighted by molar-refractivity contribution is 7.27. The Kier molecular flexibility index (Phi) is 15.0. The first-order valence-electron chi connectivity index (χ1n) is 34.8. The summed E-state index contributed by atoms with van der Waals surface area (Å²) in [6.45, 7) is 0. The maximum Gasteiger partial charge on any atom is 0.167 e. The molecule has 9 nitrogen and oxygen atoms in total. The van der Waals surface area contributed by atoms with Gasteiger partial charge in [-0.1, -0.05) is 249 Å². The van der Waals surface area contributed by atoms with Gasteiger partial charge in [-0.25, -0.2) is 39.9 Å². The molecule has 106 heavy (non-hydrogen) atoms. The maximum atomic E-state index is 6.45. The van der Waals surface area contributed by atoms with E-state index in [9.17, 15) is 0 Å². The Bertz CT molecular complexity index is 7170. The molecule has 0 spiro atoms. The summed E-state index contributed by atoms with van der Waals surface area (Å²) in [5, 5.41) is 11.2. The van der Waals surface area contributed by atoms with Crippen LogP contribution >= 0.6 is 56.7 Å². The summed E-state index contributed by atoms with van der Waals surface area (Å²) in [5.41, 5.74) is 16.4. The first kappa shape index (κ1) is 62.0. The fourth-order valence-electron chi connectivity index (χ4n) is 14.7. The van der Waals surface area contributed by atoms with Crippen LogP contribution in [0, 0.1) is 0 Å². The smallest absolute Gasteiger partial charge is 0.167 e. The van der Waals surface area contributed by atoms with E-state index < -0.39 is 0 Å². The predicted octanol–water partition coefficient (Wildman–Crippen LogP) is 26.6. The molecule has 0 bridgehead atoms. The standard InChI is InChI=1S/C46H26N4OS2.C46H26N4S3/c1-2-12-27(13-3-1)43-48-44(50-45(49-43)35-21-10-18-32-31-16-4-6-23-37(31)51-41(32)35)34-20-11-25-39-40(34)33-19-9-17-30(42(33)52-39)28-14-8-15-29(26-28)46-47-36-22-5-7-24-38(36)53-46;1-2-11-28(12-3-1)43-48-44(33-16-9-21-38-40(33)31-13-4-6-19-36(31)51-38)50-45(49-43)34-17-10-22-39-41(34)32-15-8-14-30(42(32)52-39)27-23-25-29(26-24-27)46-47-35-18-5-7-20-37(35)53-46/h2*1-26H. The van der Waals surface area contributed by atoms with Gasteiger partial charge in [0.25, 0.3) is 0 Å². The second kappa shape index (κ2) is 25.6. The number of hydrogen-bond acceptors (Lipinski definition) is 14. The minimum absolute atomic E-state index is 0.572. The highest BCUT2D eigenvalue weighted by Gasteiger charge is 2.24. The van der Waals surface area contributed by atoms with Crippen LogP contribution in [0.3, 0.4) is 0 Å². The molecule has 0 aliphatic heterocycles. The monoisotopic (exact) mass is 1440 g/mol. The van der Waals surface area contributed by atoms with Crippen molar-refractivity contribution in [3.63, 3.8) is 0 Å². The number of nitrogens with zero attached hydrogens (tertiary/aromatic N) is 8. The Morgan fingerprint density at radius 3 is 1.16 bits per heavy atom. The summed E-state index contributed by atoms with van der Waals surface area (Å²) in [5.74, 6) is 3.81. The van der Waals surface area contributed by atoms with Crippen molar-refractivity contribution in [1.82, 2.24) is 39.9 Å². The average molecular weight is 1450 g/mol. The highest BCUT2D eigenvalue weighted by atomic mass is 32.1. The molecule has 22 rings (SSSR count). The number of hydrogen-bond donors (Lipinski definition) is 0. The van der Waals surface area contributed by atoms with Crippen molar-refractivity contribution in [3.8, 4) is 112 Å². The first-order valence-corrected chi connectivity index (χ1v) is 38.8. The molecule has 22 aromatic rings. The van der Waals surface area contributed by atoms with Crippen LogP contribution in [-0.2, 0) is 0 Å². The lowest BCUT2D eigenvalue weighted by atomic mass is 9.99. The lowest BCUT2D eigenvalue weighted by Crippen LogP contribution is -2.00. The number of fused-ring (bicyclic) bond motifs is 14. The van der Waals surface area contributed by atoms with Gasteiger partial charge in [0.05, 0.1) is 26.0 Å². The van der Waals surface area contributed by atoms with E-state index in [4.69, 9.17) is 44.3 Å². The highest BCUT2D eigenvalue weighted by Crippen LogP contribution is 2.48. The fourth-order valence-corrected chi connectivity index (χ4v) is 20.3. The lowest BCUT2D eigenvalue weighted by Gasteiger charge is -2.10. The molecule has 0 unspecified atom stereocenters. The summed E-state index contributed by atoms with van der Waals surface area (Å²) < 4.78 is 16.2. The van der Waals surface area contributed by atoms with Crippen molar-refractivity contribution in [3.05, 3.63) is 315 Å². The van der Waals surface area contributed by atoms with Crippen molar-refractivity contribution in [2.45, 2.75) is 0 Å². The summed E-state index contributed by atoms with van der Waals surface area (Å²) in [4.78, 5) is 40.9. The van der Waals surface area contributed by atoms with E-state index in [1.165, 1.54) is 75.8 Å². The number of furan rings is 1. The number of thiazole rings is 2. The minimum atomic E-state index is 0.572. The zero-order chi connectivity index (χ0) is 69.8. The molecular formula is C92H52N8OS5. The normalized spacial score (nSPS) is 11.8. The third-order valence-corrected chi connectivity index (χ3v) is 25.3. The average Bonchev–Trinajstić information content (AvgIpc) is 1.57. The van der Waals surface area contributed by atoms with Crippen LogP contribution in [-0.4, -0.2) is 39.9 Å². The Balaban J connectivity index is 0.000000136. The predicted molar refractivity (Wildman–Crippen MR) is 446 cm³/mol. The van der Waals surface area contributed by atoms with Crippen molar-refractivity contribution in [2.24, 2.45) is 0 Å². The molecule has 0 fully saturated rings. The van der Waals surface area contributed by atoms with Crippen LogP contribution in [0.5, 0.6) is 0 Å². The van der Waals surface area contributed by atoms with E-state index in [2.05, 4.69) is 224 Å². The van der Waals surface area contributed by atoms with Gasteiger partial charge in [-0.2, -0.15) is 0 Å². The lowest BCUT2D eigenvalue weighted by molar-refractivity contribution is 0.669. The summed E-state index contributed by atoms with van der Waals surface area (Å²) in [6.07, 6.45) is 0. The summed E-state index contributed by atoms with van der Waals surface area (Å²) >= 11 is 8.89. The van der Waals surface area contributed by atoms with Crippen LogP contribution in [0.2, 0.25) is 0 Å². The van der Waals surface area contributed by atoms with Crippen LogP contribution in [0.25, 0.3) is 215 Å². The van der Waals surface area contributed by atoms with Crippen molar-refractivity contribution in [1.29, 1.82) is 0 Å². The van der Waals surface area contributed by atoms with Crippen LogP contribution in [0.1, 0.15) is 0 Å². The molecule has 0 atom stereocenters. The molecule has 0 aliphatic rings. The summed E-state index contributed by atoms with van der Waals surface area (Å²) in [7, 11) is 0. The number of rotatable bonds is 10. The Morgan fingerprint density at radius 2 is 0.585 bits per heavy atom. The largest absolute Gasteiger partial charge is 0.455 e. The van der Waals surface area contributed by atoms with Crippen molar-refractivity contribution < 1.29 is 4.42 Å². The van der Waals surface area contributed by atoms with E-state index >= 15 is 0 Å². The molecule has 8 heterocycles. The molecule has 0 aliphatic carbocycles. The van der Waals surface area contributed by atoms with Gasteiger partial charge in [0.2, 0.25) is 0 Å². The van der Waals surface area contributed by atoms with E-state index in [0.29, 0.717) is 34.9 Å². The van der Waals surface area contributed by atoms with Crippen LogP contribution < -0.4 is 0 Å². The van der Waals surface area contributed by atoms with E-state index in [0.717, 1.165) is 104 Å². The number of aromatic nitrogens is 8. The minimum Gasteiger partial charge on any atom is -0.455 e. The van der Waals surface area contributed by atoms with E-state index in [-0.39, 0.29) is 0 Å². The molecule has 0 radical (unpaired) electrons. The molecule has 0 saturated heterocycles. The van der Waals surface area contributed by atoms with Gasteiger partial charge in [-0.3, -0.25) is 0 Å². The molecule has 0 saturated carbocycles. The fraction of sp³-hybridized carbons (Fsp3) is 0. The molecule has 14 heteroatoms. The molecular weight excluding hydrogens is 1390 g/mol. The van der Waals surface area contributed by atoms with Gasteiger partial charge in [-0.05, 0) is 89.0 Å². The number of thiophene rings is 3. The number of benzene rings is 14. The number of para-hydroxylation sites is 4. The molecule has 496 valence electrons. The zero-order valence-corrected chi connectivity index (χ0v) is 60.1. The van der Waals surface area contributed by atoms with Gasteiger partial charge < -0.3 is 4.42 Å². The maximum absolute atomic E-state index is 6.45. The van der Waals surface area contributed by atoms with Gasteiger partial charge in [0.15, 0.2) is 34.9 Å². The topological polar surface area (TPSA) is 116 Å². The Morgan fingerprint density at radius 1 is 0.208 bits per heavy atom. The third-order valence-electron chi connectivity index (χ3n) is 19.6. The first-order chi connectivity index (χ1) is 52.5. The Labute approximate surface area is 626 Å². The second-order valence-electron chi connectivity index (χ2n) is 26.0. The van der Waals surface area contributed by atoms with Crippen LogP contribution in [0.4, 0.5) is 0 Å². The SMILES string of the molecule is c1ccc(-c2nc(-c3cccc4c3oc3ccccc34)nc(-c3cccc4sc5c(-c6cccc(-c7nc8ccccc8s7)c6)cccc5c34)n2)cc1.c1ccc(-c2nc(-c3cccc4sc5ccccc5c34)nc(-c3cccc4sc5c(-c6ccc(-c7nc8ccccc8s7)cc6)cccc5c34)n2)cc1.